The molecule has 0 aromatic rings. The van der Waals surface area contributed by atoms with Gasteiger partial charge in [0.1, 0.15) is 0 Å². The van der Waals surface area contributed by atoms with Gasteiger partial charge in [-0.25, -0.2) is 0 Å². The van der Waals surface area contributed by atoms with Gasteiger partial charge < -0.3 is 10.6 Å². The highest BCUT2D eigenvalue weighted by molar-refractivity contribution is 4.78. The molecule has 0 amide bonds. The standard InChI is InChI=1S/C15H33N3/c1-3-5-6-7-8-9-17-10-12-18(13-11-17)15(4-2)14-16/h15H,3-14,16H2,1-2H3. The summed E-state index contributed by atoms with van der Waals surface area (Å²) in [7, 11) is 0. The van der Waals surface area contributed by atoms with E-state index in [1.165, 1.54) is 71.2 Å². The Labute approximate surface area is 114 Å². The molecule has 1 aliphatic rings. The summed E-state index contributed by atoms with van der Waals surface area (Å²) in [5.74, 6) is 0. The van der Waals surface area contributed by atoms with E-state index in [1.54, 1.807) is 0 Å². The molecule has 1 rings (SSSR count). The van der Waals surface area contributed by atoms with Crippen LogP contribution in [0.1, 0.15) is 52.4 Å². The number of piperazine rings is 1. The lowest BCUT2D eigenvalue weighted by atomic mass is 10.1. The lowest BCUT2D eigenvalue weighted by molar-refractivity contribution is 0.0956. The zero-order valence-electron chi connectivity index (χ0n) is 12.5. The molecule has 108 valence electrons. The number of unbranched alkanes of at least 4 members (excludes halogenated alkanes) is 4. The van der Waals surface area contributed by atoms with Crippen molar-refractivity contribution < 1.29 is 0 Å². The van der Waals surface area contributed by atoms with Crippen LogP contribution in [0.15, 0.2) is 0 Å². The molecule has 1 aliphatic heterocycles. The summed E-state index contributed by atoms with van der Waals surface area (Å²) >= 11 is 0. The minimum atomic E-state index is 0.608. The van der Waals surface area contributed by atoms with Crippen molar-refractivity contribution >= 4 is 0 Å². The zero-order chi connectivity index (χ0) is 13.2. The molecular weight excluding hydrogens is 222 g/mol. The smallest absolute Gasteiger partial charge is 0.0216 e. The fraction of sp³-hybridized carbons (Fsp3) is 1.00. The van der Waals surface area contributed by atoms with E-state index in [0.717, 1.165) is 6.54 Å². The second kappa shape index (κ2) is 9.76. The molecule has 3 heteroatoms. The third-order valence-electron chi connectivity index (χ3n) is 4.24. The van der Waals surface area contributed by atoms with E-state index in [-0.39, 0.29) is 0 Å². The summed E-state index contributed by atoms with van der Waals surface area (Å²) in [6, 6.07) is 0.608. The molecule has 1 atom stereocenters. The third-order valence-corrected chi connectivity index (χ3v) is 4.24. The van der Waals surface area contributed by atoms with Gasteiger partial charge in [-0.15, -0.1) is 0 Å². The molecule has 0 radical (unpaired) electrons. The monoisotopic (exact) mass is 255 g/mol. The predicted octanol–water partition coefficient (Wildman–Crippen LogP) is 2.31. The van der Waals surface area contributed by atoms with Gasteiger partial charge in [-0.3, -0.25) is 4.90 Å². The normalized spacial score (nSPS) is 20.2. The molecule has 2 N–H and O–H groups in total. The van der Waals surface area contributed by atoms with Crippen LogP contribution in [-0.4, -0.2) is 55.1 Å². The van der Waals surface area contributed by atoms with Gasteiger partial charge in [-0.1, -0.05) is 39.5 Å². The molecule has 0 aromatic carbocycles. The van der Waals surface area contributed by atoms with Crippen molar-refractivity contribution in [3.8, 4) is 0 Å². The summed E-state index contributed by atoms with van der Waals surface area (Å²) in [4.78, 5) is 5.21. The Balaban J connectivity index is 2.08. The van der Waals surface area contributed by atoms with Crippen molar-refractivity contribution in [3.05, 3.63) is 0 Å². The van der Waals surface area contributed by atoms with Gasteiger partial charge in [0.05, 0.1) is 0 Å². The van der Waals surface area contributed by atoms with E-state index in [0.29, 0.717) is 6.04 Å². The zero-order valence-corrected chi connectivity index (χ0v) is 12.5. The van der Waals surface area contributed by atoms with Gasteiger partial charge in [0.25, 0.3) is 0 Å². The van der Waals surface area contributed by atoms with Crippen molar-refractivity contribution in [3.63, 3.8) is 0 Å². The molecule has 1 unspecified atom stereocenters. The molecule has 1 fully saturated rings. The predicted molar refractivity (Wildman–Crippen MR) is 79.9 cm³/mol. The Hall–Kier alpha value is -0.120. The van der Waals surface area contributed by atoms with Crippen molar-refractivity contribution in [1.82, 2.24) is 9.80 Å². The first-order chi connectivity index (χ1) is 8.81. The lowest BCUT2D eigenvalue weighted by Gasteiger charge is -2.38. The van der Waals surface area contributed by atoms with E-state index in [4.69, 9.17) is 5.73 Å². The summed E-state index contributed by atoms with van der Waals surface area (Å²) in [5, 5.41) is 0. The van der Waals surface area contributed by atoms with Gasteiger partial charge in [0.15, 0.2) is 0 Å². The van der Waals surface area contributed by atoms with Crippen LogP contribution in [0, 0.1) is 0 Å². The quantitative estimate of drug-likeness (QED) is 0.642. The highest BCUT2D eigenvalue weighted by Gasteiger charge is 2.21. The highest BCUT2D eigenvalue weighted by atomic mass is 15.3. The number of rotatable bonds is 9. The maximum absolute atomic E-state index is 5.82. The molecule has 18 heavy (non-hydrogen) atoms. The molecule has 0 bridgehead atoms. The van der Waals surface area contributed by atoms with E-state index < -0.39 is 0 Å². The summed E-state index contributed by atoms with van der Waals surface area (Å²) < 4.78 is 0. The lowest BCUT2D eigenvalue weighted by Crippen LogP contribution is -2.52. The molecule has 0 spiro atoms. The summed E-state index contributed by atoms with van der Waals surface area (Å²) in [6.45, 7) is 11.5. The molecule has 3 nitrogen and oxygen atoms in total. The molecule has 1 saturated heterocycles. The fourth-order valence-electron chi connectivity index (χ4n) is 2.86. The Morgan fingerprint density at radius 3 is 2.17 bits per heavy atom. The Bertz CT molecular complexity index is 184. The third kappa shape index (κ3) is 5.68. The van der Waals surface area contributed by atoms with E-state index >= 15 is 0 Å². The van der Waals surface area contributed by atoms with Gasteiger partial charge in [-0.05, 0) is 19.4 Å². The second-order valence-corrected chi connectivity index (χ2v) is 5.59. The molecule has 0 aliphatic carbocycles. The first-order valence-electron chi connectivity index (χ1n) is 7.98. The van der Waals surface area contributed by atoms with Crippen LogP contribution in [0.4, 0.5) is 0 Å². The first-order valence-corrected chi connectivity index (χ1v) is 7.98. The Morgan fingerprint density at radius 1 is 0.944 bits per heavy atom. The minimum absolute atomic E-state index is 0.608. The van der Waals surface area contributed by atoms with Gasteiger partial charge in [0.2, 0.25) is 0 Å². The Kier molecular flexibility index (Phi) is 8.64. The second-order valence-electron chi connectivity index (χ2n) is 5.59. The maximum atomic E-state index is 5.82. The van der Waals surface area contributed by atoms with E-state index in [2.05, 4.69) is 23.6 Å². The first kappa shape index (κ1) is 15.9. The van der Waals surface area contributed by atoms with Crippen LogP contribution >= 0.6 is 0 Å². The highest BCUT2D eigenvalue weighted by Crippen LogP contribution is 2.10. The molecular formula is C15H33N3. The maximum Gasteiger partial charge on any atom is 0.0216 e. The van der Waals surface area contributed by atoms with Crippen molar-refractivity contribution in [1.29, 1.82) is 0 Å². The minimum Gasteiger partial charge on any atom is -0.329 e. The van der Waals surface area contributed by atoms with Crippen LogP contribution in [0.5, 0.6) is 0 Å². The van der Waals surface area contributed by atoms with Gasteiger partial charge in [0, 0.05) is 38.8 Å². The number of hydrogen-bond donors (Lipinski definition) is 1. The SMILES string of the molecule is CCCCCCCN1CCN(C(CC)CN)CC1. The number of nitrogens with zero attached hydrogens (tertiary/aromatic N) is 2. The van der Waals surface area contributed by atoms with Crippen molar-refractivity contribution in [2.45, 2.75) is 58.4 Å². The van der Waals surface area contributed by atoms with Gasteiger partial charge >= 0.3 is 0 Å². The fourth-order valence-corrected chi connectivity index (χ4v) is 2.86. The van der Waals surface area contributed by atoms with Crippen molar-refractivity contribution in [2.24, 2.45) is 5.73 Å². The number of nitrogens with two attached hydrogens (primary N) is 1. The number of hydrogen-bond acceptors (Lipinski definition) is 3. The van der Waals surface area contributed by atoms with Crippen LogP contribution in [-0.2, 0) is 0 Å². The average molecular weight is 255 g/mol. The largest absolute Gasteiger partial charge is 0.329 e. The van der Waals surface area contributed by atoms with Crippen LogP contribution in [0.25, 0.3) is 0 Å². The molecule has 0 aromatic heterocycles. The molecule has 0 saturated carbocycles. The molecule has 1 heterocycles. The van der Waals surface area contributed by atoms with Crippen LogP contribution in [0.2, 0.25) is 0 Å². The van der Waals surface area contributed by atoms with Gasteiger partial charge in [-0.2, -0.15) is 0 Å². The average Bonchev–Trinajstić information content (AvgIpc) is 2.41. The van der Waals surface area contributed by atoms with Crippen molar-refractivity contribution in [2.75, 3.05) is 39.3 Å². The van der Waals surface area contributed by atoms with E-state index in [1.807, 2.05) is 0 Å². The van der Waals surface area contributed by atoms with Crippen LogP contribution < -0.4 is 5.73 Å². The topological polar surface area (TPSA) is 32.5 Å². The summed E-state index contributed by atoms with van der Waals surface area (Å²) in [6.07, 6.45) is 8.15. The van der Waals surface area contributed by atoms with Crippen LogP contribution in [0.3, 0.4) is 0 Å². The summed E-state index contributed by atoms with van der Waals surface area (Å²) in [5.41, 5.74) is 5.82. The Morgan fingerprint density at radius 2 is 1.61 bits per heavy atom. The van der Waals surface area contributed by atoms with E-state index in [9.17, 15) is 0 Å².